The van der Waals surface area contributed by atoms with E-state index >= 15 is 13.7 Å². The van der Waals surface area contributed by atoms with E-state index in [1.54, 1.807) is 14.0 Å². The van der Waals surface area contributed by atoms with Crippen LogP contribution in [0.1, 0.15) is 246 Å². The number of unbranched alkanes of at least 4 members (excludes halogenated alkanes) is 30. The molecule has 0 saturated carbocycles. The van der Waals surface area contributed by atoms with Crippen LogP contribution >= 0.6 is 30.8 Å². The van der Waals surface area contributed by atoms with E-state index < -0.39 is 49.1 Å². The van der Waals surface area contributed by atoms with E-state index in [4.69, 9.17) is 56.2 Å². The minimum atomic E-state index is -4.46. The van der Waals surface area contributed by atoms with E-state index in [9.17, 15) is 9.46 Å². The molecule has 101 heavy (non-hydrogen) atoms. The highest BCUT2D eigenvalue weighted by atomic mass is 31.2. The Kier molecular flexibility index (Phi) is 43.6. The van der Waals surface area contributed by atoms with Gasteiger partial charge in [0.15, 0.2) is 0 Å². The number of rotatable bonds is 57. The molecule has 0 aromatic rings. The molecule has 0 amide bonds. The summed E-state index contributed by atoms with van der Waals surface area (Å²) in [5, 5.41) is 9.15. The molecule has 0 aromatic heterocycles. The zero-order valence-corrected chi connectivity index (χ0v) is 67.8. The van der Waals surface area contributed by atoms with Gasteiger partial charge in [-0.1, -0.05) is 207 Å². The van der Waals surface area contributed by atoms with E-state index in [1.807, 2.05) is 37.9 Å². The molecule has 0 radical (unpaired) electrons. The van der Waals surface area contributed by atoms with E-state index in [2.05, 4.69) is 40.4 Å². The molecule has 0 spiro atoms. The number of phosphoric acid groups is 1. The smallest absolute Gasteiger partial charge is 0.396 e. The number of ether oxygens (including phenoxy) is 3. The van der Waals surface area contributed by atoms with Gasteiger partial charge in [-0.2, -0.15) is 14.3 Å². The van der Waals surface area contributed by atoms with Crippen LogP contribution in [0.2, 0.25) is 0 Å². The quantitative estimate of drug-likeness (QED) is 0.0424. The lowest BCUT2D eigenvalue weighted by Gasteiger charge is -2.39. The summed E-state index contributed by atoms with van der Waals surface area (Å²) in [7, 11) is -10.7. The summed E-state index contributed by atoms with van der Waals surface area (Å²) in [6, 6.07) is 0. The first kappa shape index (κ1) is 88.1. The molecule has 6 aliphatic rings. The molecular weight excluding hydrogens is 1370 g/mol. The van der Waals surface area contributed by atoms with Crippen LogP contribution in [0.3, 0.4) is 0 Å². The van der Waals surface area contributed by atoms with E-state index in [-0.39, 0.29) is 92.2 Å². The molecule has 0 aromatic carbocycles. The van der Waals surface area contributed by atoms with Gasteiger partial charge < -0.3 is 58.1 Å². The van der Waals surface area contributed by atoms with Crippen LogP contribution in [0.15, 0.2) is 14.3 Å². The lowest BCUT2D eigenvalue weighted by atomic mass is 10.1. The first-order chi connectivity index (χ1) is 49.0. The van der Waals surface area contributed by atoms with Gasteiger partial charge in [-0.25, -0.2) is 32.3 Å². The zero-order valence-electron chi connectivity index (χ0n) is 64.2. The second-order valence-electron chi connectivity index (χ2n) is 28.9. The van der Waals surface area contributed by atoms with Crippen molar-refractivity contribution >= 4 is 48.7 Å². The molecule has 7 atom stereocenters. The third-order valence-corrected chi connectivity index (χ3v) is 27.4. The van der Waals surface area contributed by atoms with Crippen LogP contribution in [0.4, 0.5) is 0 Å². The first-order valence-electron chi connectivity index (χ1n) is 40.3. The standard InChI is InChI=1S/C71H142N12O14P4/c1-8-12-15-18-21-24-27-30-33-38-43-78-49-46-75(5)69(78)72-98(85,93-11-4)81-52-57-90-66(60-81)63-95-99(86,73-70-76(6)47-50-79(70)44-39-34-31-28-25-22-19-16-13-9-2)82-53-58-91-67(61-82)64-96-100(87,74-71-77(7)48-51-80(71)45-40-35-32-29-26-23-20-17-14-10-3)83-54-59-92-68(62-83)65-97-101(88,89)94-56-42-37-36-41-55-84/h66-68,84H,8-65H2,1-7H3,(H,88,89)/t66-,67-,68-,98?,99?,100?/m1/s1. The molecule has 0 bridgehead atoms. The Hall–Kier alpha value is -1.79. The second-order valence-corrected chi connectivity index (χ2v) is 36.4. The molecule has 6 saturated heterocycles. The number of phosphoric ester groups is 1. The summed E-state index contributed by atoms with van der Waals surface area (Å²) in [4.78, 5) is 23.5. The van der Waals surface area contributed by atoms with Gasteiger partial charge in [0.25, 0.3) is 0 Å². The Morgan fingerprint density at radius 2 is 0.653 bits per heavy atom. The summed E-state index contributed by atoms with van der Waals surface area (Å²) in [6.07, 6.45) is 37.4. The predicted octanol–water partition coefficient (Wildman–Crippen LogP) is 14.7. The average Bonchev–Trinajstić information content (AvgIpc) is 1.77. The number of nitrogens with zero attached hydrogens (tertiary/aromatic N) is 12. The van der Waals surface area contributed by atoms with E-state index in [0.717, 1.165) is 97.1 Å². The minimum absolute atomic E-state index is 0.0157. The number of hydrogen-bond acceptors (Lipinski definition) is 13. The van der Waals surface area contributed by atoms with Crippen molar-refractivity contribution < 1.29 is 65.1 Å². The van der Waals surface area contributed by atoms with Gasteiger partial charge >= 0.3 is 30.8 Å². The van der Waals surface area contributed by atoms with Crippen molar-refractivity contribution in [3.05, 3.63) is 0 Å². The molecule has 0 aliphatic carbocycles. The van der Waals surface area contributed by atoms with Crippen molar-refractivity contribution in [1.82, 2.24) is 43.4 Å². The lowest BCUT2D eigenvalue weighted by Crippen LogP contribution is -2.46. The molecule has 2 N–H and O–H groups in total. The molecule has 30 heteroatoms. The fraction of sp³-hybridized carbons (Fsp3) is 0.958. The van der Waals surface area contributed by atoms with Crippen molar-refractivity contribution in [2.45, 2.75) is 264 Å². The van der Waals surface area contributed by atoms with Crippen LogP contribution in [0.5, 0.6) is 0 Å². The third kappa shape index (κ3) is 32.5. The zero-order chi connectivity index (χ0) is 72.5. The maximum Gasteiger partial charge on any atom is 0.472 e. The Balaban J connectivity index is 1.20. The normalized spacial score (nSPS) is 23.7. The Morgan fingerprint density at radius 1 is 0.366 bits per heavy atom. The maximum atomic E-state index is 16.3. The van der Waals surface area contributed by atoms with Gasteiger partial charge in [0, 0.05) is 126 Å². The molecule has 6 rings (SSSR count). The fourth-order valence-electron chi connectivity index (χ4n) is 14.0. The van der Waals surface area contributed by atoms with Crippen LogP contribution in [0.25, 0.3) is 0 Å². The van der Waals surface area contributed by atoms with Crippen LogP contribution in [0, 0.1) is 0 Å². The second kappa shape index (κ2) is 50.0. The van der Waals surface area contributed by atoms with Crippen molar-refractivity contribution in [3.8, 4) is 0 Å². The largest absolute Gasteiger partial charge is 0.472 e. The SMILES string of the molecule is CCCCCCCCCCCCN1CCN(C)C1=NP(=O)(OC[C@H]1CN(P(=O)(N=C2N(C)CCN2CCCCCCCCCCCC)OC[C@H]2CN(P(=O)(N=C3N(C)CCN3CCCCCCCCCCCC)OCC)CCO2)CCO1)N1CCO[C@@H](COP(=O)(O)OCCCCCCO)C1. The molecule has 6 aliphatic heterocycles. The van der Waals surface area contributed by atoms with E-state index in [1.165, 1.54) is 148 Å². The van der Waals surface area contributed by atoms with Crippen molar-refractivity contribution in [2.24, 2.45) is 14.3 Å². The van der Waals surface area contributed by atoms with Gasteiger partial charge in [-0.05, 0) is 39.0 Å². The molecular formula is C71H142N12O14P4. The van der Waals surface area contributed by atoms with Gasteiger partial charge in [0.05, 0.1) is 71.2 Å². The summed E-state index contributed by atoms with van der Waals surface area (Å²) in [5.41, 5.74) is 0. The highest BCUT2D eigenvalue weighted by Crippen LogP contribution is 2.58. The molecule has 6 heterocycles. The molecule has 4 unspecified atom stereocenters. The fourth-order valence-corrected chi connectivity index (χ4v) is 20.6. The number of guanidine groups is 3. The van der Waals surface area contributed by atoms with Gasteiger partial charge in [0.2, 0.25) is 17.9 Å². The Bertz CT molecular complexity index is 2540. The number of aliphatic hydroxyl groups is 1. The van der Waals surface area contributed by atoms with Crippen LogP contribution in [-0.4, -0.2) is 268 Å². The Labute approximate surface area is 611 Å². The number of hydrogen-bond donors (Lipinski definition) is 2. The predicted molar refractivity (Wildman–Crippen MR) is 408 cm³/mol. The minimum Gasteiger partial charge on any atom is -0.396 e. The van der Waals surface area contributed by atoms with Gasteiger partial charge in [-0.3, -0.25) is 18.1 Å². The summed E-state index contributed by atoms with van der Waals surface area (Å²) in [6.45, 7) is 16.5. The van der Waals surface area contributed by atoms with Gasteiger partial charge in [-0.15, -0.1) is 0 Å². The lowest BCUT2D eigenvalue weighted by molar-refractivity contribution is -0.0466. The number of morpholine rings is 3. The topological polar surface area (TPSA) is 249 Å². The first-order valence-corrected chi connectivity index (χ1v) is 46.3. The third-order valence-electron chi connectivity index (χ3n) is 20.3. The van der Waals surface area contributed by atoms with Crippen molar-refractivity contribution in [1.29, 1.82) is 0 Å². The summed E-state index contributed by atoms with van der Waals surface area (Å²) in [5.74, 6) is 1.85. The van der Waals surface area contributed by atoms with Crippen molar-refractivity contribution in [2.75, 3.05) is 179 Å². The number of aliphatic hydroxyl groups excluding tert-OH is 1. The van der Waals surface area contributed by atoms with Gasteiger partial charge in [0.1, 0.15) is 0 Å². The number of likely N-dealkylation sites (N-methyl/N-ethyl adjacent to an activating group) is 3. The molecule has 6 fully saturated rings. The highest BCUT2D eigenvalue weighted by molar-refractivity contribution is 7.56. The summed E-state index contributed by atoms with van der Waals surface area (Å²) < 4.78 is 131. The average molecular weight is 1510 g/mol. The molecule has 26 nitrogen and oxygen atoms in total. The molecule has 590 valence electrons. The monoisotopic (exact) mass is 1510 g/mol. The van der Waals surface area contributed by atoms with E-state index in [0.29, 0.717) is 56.9 Å². The highest BCUT2D eigenvalue weighted by Gasteiger charge is 2.45. The Morgan fingerprint density at radius 3 is 0.970 bits per heavy atom. The summed E-state index contributed by atoms with van der Waals surface area (Å²) >= 11 is 0. The maximum absolute atomic E-state index is 16.3. The van der Waals surface area contributed by atoms with Crippen molar-refractivity contribution in [3.63, 3.8) is 0 Å². The van der Waals surface area contributed by atoms with Crippen LogP contribution in [-0.2, 0) is 55.1 Å². The van der Waals surface area contributed by atoms with Crippen LogP contribution < -0.4 is 0 Å².